The molecule has 3 nitrogen and oxygen atoms in total. The minimum atomic E-state index is 0.248. The number of hydrogen-bond donors (Lipinski definition) is 1. The van der Waals surface area contributed by atoms with Crippen molar-refractivity contribution in [1.29, 1.82) is 0 Å². The van der Waals surface area contributed by atoms with Gasteiger partial charge in [0, 0.05) is 5.56 Å². The van der Waals surface area contributed by atoms with Crippen molar-refractivity contribution in [1.82, 2.24) is 4.57 Å². The second-order valence-electron chi connectivity index (χ2n) is 4.90. The maximum Gasteiger partial charge on any atom is 0.248 e. The van der Waals surface area contributed by atoms with Crippen LogP contribution in [0.4, 0.5) is 0 Å². The summed E-state index contributed by atoms with van der Waals surface area (Å²) >= 11 is 0. The molecule has 0 saturated heterocycles. The standard InChI is InChI=1S/C18H16N2O/c21-18(17-9-5-2-6-10-17)14-20-12-11-19(15-20)13-16-7-3-1-4-8-16/h1-12,14-15H,13H2/p+1/b18-14-. The first kappa shape index (κ1) is 13.2. The predicted octanol–water partition coefficient (Wildman–Crippen LogP) is 3.34. The number of nitrogens with zero attached hydrogens (tertiary/aromatic N) is 2. The molecule has 1 aromatic heterocycles. The van der Waals surface area contributed by atoms with E-state index in [1.807, 2.05) is 71.8 Å². The number of aliphatic hydroxyl groups excluding tert-OH is 1. The van der Waals surface area contributed by atoms with Crippen LogP contribution in [0.25, 0.3) is 12.0 Å². The van der Waals surface area contributed by atoms with Crippen molar-refractivity contribution in [3.63, 3.8) is 0 Å². The third-order valence-corrected chi connectivity index (χ3v) is 3.26. The Morgan fingerprint density at radius 2 is 1.67 bits per heavy atom. The van der Waals surface area contributed by atoms with E-state index in [1.165, 1.54) is 5.56 Å². The molecule has 0 atom stereocenters. The summed E-state index contributed by atoms with van der Waals surface area (Å²) in [5, 5.41) is 10.1. The molecule has 3 heteroatoms. The minimum absolute atomic E-state index is 0.248. The Hall–Kier alpha value is -2.81. The van der Waals surface area contributed by atoms with Crippen molar-refractivity contribution in [3.05, 3.63) is 90.5 Å². The fourth-order valence-corrected chi connectivity index (χ4v) is 2.20. The lowest BCUT2D eigenvalue weighted by Crippen LogP contribution is -2.31. The third kappa shape index (κ3) is 3.39. The average molecular weight is 277 g/mol. The molecule has 0 radical (unpaired) electrons. The first-order valence-electron chi connectivity index (χ1n) is 6.88. The van der Waals surface area contributed by atoms with Gasteiger partial charge in [-0.2, -0.15) is 0 Å². The summed E-state index contributed by atoms with van der Waals surface area (Å²) in [6.07, 6.45) is 7.56. The fourth-order valence-electron chi connectivity index (χ4n) is 2.20. The van der Waals surface area contributed by atoms with E-state index in [-0.39, 0.29) is 5.76 Å². The quantitative estimate of drug-likeness (QED) is 0.575. The molecule has 3 aromatic rings. The summed E-state index contributed by atoms with van der Waals surface area (Å²) in [6, 6.07) is 19.8. The van der Waals surface area contributed by atoms with Gasteiger partial charge >= 0.3 is 0 Å². The Kier molecular flexibility index (Phi) is 3.83. The molecule has 3 rings (SSSR count). The van der Waals surface area contributed by atoms with Gasteiger partial charge in [0.05, 0.1) is 0 Å². The monoisotopic (exact) mass is 277 g/mol. The van der Waals surface area contributed by atoms with E-state index in [4.69, 9.17) is 0 Å². The zero-order valence-electron chi connectivity index (χ0n) is 11.6. The first-order valence-corrected chi connectivity index (χ1v) is 6.88. The Balaban J connectivity index is 1.76. The maximum absolute atomic E-state index is 10.1. The molecule has 1 heterocycles. The highest BCUT2D eigenvalue weighted by molar-refractivity contribution is 5.68. The summed E-state index contributed by atoms with van der Waals surface area (Å²) in [7, 11) is 0. The molecule has 21 heavy (non-hydrogen) atoms. The van der Waals surface area contributed by atoms with Crippen molar-refractivity contribution in [2.45, 2.75) is 6.54 Å². The number of imidazole rings is 1. The summed E-state index contributed by atoms with van der Waals surface area (Å²) in [5.74, 6) is 0.248. The van der Waals surface area contributed by atoms with Gasteiger partial charge in [-0.3, -0.25) is 0 Å². The fraction of sp³-hybridized carbons (Fsp3) is 0.0556. The Morgan fingerprint density at radius 1 is 1.00 bits per heavy atom. The van der Waals surface area contributed by atoms with Gasteiger partial charge in [-0.05, 0) is 5.56 Å². The molecule has 104 valence electrons. The van der Waals surface area contributed by atoms with Gasteiger partial charge in [0.1, 0.15) is 25.1 Å². The molecular formula is C18H17N2O+. The van der Waals surface area contributed by atoms with Gasteiger partial charge in [-0.25, -0.2) is 9.13 Å². The molecule has 0 aliphatic carbocycles. The molecule has 0 unspecified atom stereocenters. The van der Waals surface area contributed by atoms with E-state index in [0.29, 0.717) is 0 Å². The molecule has 0 saturated carbocycles. The largest absolute Gasteiger partial charge is 0.504 e. The number of aromatic nitrogens is 2. The van der Waals surface area contributed by atoms with Gasteiger partial charge in [-0.1, -0.05) is 60.7 Å². The lowest BCUT2D eigenvalue weighted by atomic mass is 10.2. The lowest BCUT2D eigenvalue weighted by molar-refractivity contribution is -0.687. The molecule has 0 bridgehead atoms. The van der Waals surface area contributed by atoms with E-state index in [9.17, 15) is 5.11 Å². The van der Waals surface area contributed by atoms with Crippen LogP contribution in [-0.4, -0.2) is 9.67 Å². The van der Waals surface area contributed by atoms with Gasteiger partial charge < -0.3 is 5.11 Å². The summed E-state index contributed by atoms with van der Waals surface area (Å²) in [6.45, 7) is 0.813. The van der Waals surface area contributed by atoms with E-state index in [2.05, 4.69) is 16.7 Å². The van der Waals surface area contributed by atoms with Gasteiger partial charge in [0.15, 0.2) is 5.76 Å². The predicted molar refractivity (Wildman–Crippen MR) is 83.4 cm³/mol. The zero-order chi connectivity index (χ0) is 14.5. The maximum atomic E-state index is 10.1. The van der Waals surface area contributed by atoms with Crippen LogP contribution in [0.1, 0.15) is 11.1 Å². The summed E-state index contributed by atoms with van der Waals surface area (Å²) in [5.41, 5.74) is 2.05. The van der Waals surface area contributed by atoms with Gasteiger partial charge in [0.25, 0.3) is 0 Å². The lowest BCUT2D eigenvalue weighted by Gasteiger charge is -1.97. The number of benzene rings is 2. The smallest absolute Gasteiger partial charge is 0.248 e. The highest BCUT2D eigenvalue weighted by Crippen LogP contribution is 2.11. The summed E-state index contributed by atoms with van der Waals surface area (Å²) in [4.78, 5) is 0. The molecule has 1 N–H and O–H groups in total. The van der Waals surface area contributed by atoms with Crippen LogP contribution < -0.4 is 4.57 Å². The molecule has 0 spiro atoms. The van der Waals surface area contributed by atoms with Crippen molar-refractivity contribution in [2.75, 3.05) is 0 Å². The van der Waals surface area contributed by atoms with Crippen molar-refractivity contribution in [2.24, 2.45) is 0 Å². The Morgan fingerprint density at radius 3 is 2.38 bits per heavy atom. The third-order valence-electron chi connectivity index (χ3n) is 3.26. The van der Waals surface area contributed by atoms with Gasteiger partial charge in [0.2, 0.25) is 6.33 Å². The SMILES string of the molecule is O/C(=C\n1cc[n+](Cc2ccccc2)c1)c1ccccc1. The van der Waals surface area contributed by atoms with E-state index < -0.39 is 0 Å². The van der Waals surface area contributed by atoms with Crippen molar-refractivity contribution < 1.29 is 9.67 Å². The second-order valence-corrected chi connectivity index (χ2v) is 4.90. The van der Waals surface area contributed by atoms with Crippen LogP contribution in [0.3, 0.4) is 0 Å². The average Bonchev–Trinajstić information content (AvgIpc) is 2.96. The van der Waals surface area contributed by atoms with Crippen LogP contribution >= 0.6 is 0 Å². The minimum Gasteiger partial charge on any atom is -0.504 e. The van der Waals surface area contributed by atoms with Crippen molar-refractivity contribution in [3.8, 4) is 0 Å². The molecule has 2 aromatic carbocycles. The number of aliphatic hydroxyl groups is 1. The van der Waals surface area contributed by atoms with Crippen molar-refractivity contribution >= 4 is 12.0 Å². The van der Waals surface area contributed by atoms with E-state index in [1.54, 1.807) is 6.20 Å². The normalized spacial score (nSPS) is 11.5. The van der Waals surface area contributed by atoms with Crippen LogP contribution in [-0.2, 0) is 6.54 Å². The van der Waals surface area contributed by atoms with Crippen LogP contribution in [0.2, 0.25) is 0 Å². The van der Waals surface area contributed by atoms with Crippen LogP contribution in [0.5, 0.6) is 0 Å². The molecule has 0 aliphatic heterocycles. The molecule has 0 aliphatic rings. The Bertz CT molecular complexity index is 730. The number of rotatable bonds is 4. The first-order chi connectivity index (χ1) is 10.3. The molecular weight excluding hydrogens is 260 g/mol. The highest BCUT2D eigenvalue weighted by atomic mass is 16.3. The van der Waals surface area contributed by atoms with E-state index in [0.717, 1.165) is 12.1 Å². The second kappa shape index (κ2) is 6.09. The van der Waals surface area contributed by atoms with E-state index >= 15 is 0 Å². The van der Waals surface area contributed by atoms with Gasteiger partial charge in [-0.15, -0.1) is 0 Å². The van der Waals surface area contributed by atoms with Crippen LogP contribution in [0.15, 0.2) is 79.4 Å². The zero-order valence-corrected chi connectivity index (χ0v) is 11.6. The Labute approximate surface area is 124 Å². The molecule has 0 amide bonds. The van der Waals surface area contributed by atoms with Crippen LogP contribution in [0, 0.1) is 0 Å². The highest BCUT2D eigenvalue weighted by Gasteiger charge is 2.05. The molecule has 0 fully saturated rings. The summed E-state index contributed by atoms with van der Waals surface area (Å²) < 4.78 is 3.93. The number of hydrogen-bond acceptors (Lipinski definition) is 1. The topological polar surface area (TPSA) is 29.0 Å².